The zero-order chi connectivity index (χ0) is 11.7. The largest absolute Gasteiger partial charge is 0.399 e. The zero-order valence-corrected chi connectivity index (χ0v) is 9.63. The second-order valence-electron chi connectivity index (χ2n) is 3.52. The fourth-order valence-electron chi connectivity index (χ4n) is 1.56. The van der Waals surface area contributed by atoms with Crippen molar-refractivity contribution >= 4 is 17.2 Å². The minimum absolute atomic E-state index is 0.742. The highest BCUT2D eigenvalue weighted by Crippen LogP contribution is 2.21. The van der Waals surface area contributed by atoms with Crippen molar-refractivity contribution in [2.24, 2.45) is 0 Å². The van der Waals surface area contributed by atoms with E-state index in [1.807, 2.05) is 30.5 Å². The number of nitrogens with two attached hydrogens (primary N) is 1. The summed E-state index contributed by atoms with van der Waals surface area (Å²) in [7, 11) is 0. The Morgan fingerprint density at radius 3 is 2.94 bits per heavy atom. The molecule has 6 heteroatoms. The fraction of sp³-hybridized carbons (Fsp3) is 0. The highest BCUT2D eigenvalue weighted by molar-refractivity contribution is 7.07. The molecule has 2 N–H and O–H groups in total. The Morgan fingerprint density at radius 1 is 1.24 bits per heavy atom. The van der Waals surface area contributed by atoms with Gasteiger partial charge < -0.3 is 5.73 Å². The van der Waals surface area contributed by atoms with Gasteiger partial charge in [0.2, 0.25) is 5.13 Å². The van der Waals surface area contributed by atoms with Crippen LogP contribution in [-0.2, 0) is 0 Å². The second kappa shape index (κ2) is 3.99. The summed E-state index contributed by atoms with van der Waals surface area (Å²) in [4.78, 5) is 4.09. The summed E-state index contributed by atoms with van der Waals surface area (Å²) >= 11 is 1.30. The summed E-state index contributed by atoms with van der Waals surface area (Å²) in [6.07, 6.45) is 5.22. The first-order valence-electron chi connectivity index (χ1n) is 5.00. The van der Waals surface area contributed by atoms with Crippen LogP contribution in [0.1, 0.15) is 0 Å². The summed E-state index contributed by atoms with van der Waals surface area (Å²) in [5, 5.41) is 5.00. The average molecular weight is 243 g/mol. The molecular formula is C11H9N5S. The Hall–Kier alpha value is -2.21. The molecule has 5 nitrogen and oxygen atoms in total. The smallest absolute Gasteiger partial charge is 0.229 e. The van der Waals surface area contributed by atoms with Crippen LogP contribution in [0.3, 0.4) is 0 Å². The molecule has 0 saturated carbocycles. The van der Waals surface area contributed by atoms with E-state index in [2.05, 4.69) is 14.5 Å². The van der Waals surface area contributed by atoms with Gasteiger partial charge in [-0.25, -0.2) is 9.67 Å². The molecule has 0 aliphatic heterocycles. The summed E-state index contributed by atoms with van der Waals surface area (Å²) in [5.74, 6) is 0. The first kappa shape index (κ1) is 9.98. The van der Waals surface area contributed by atoms with Gasteiger partial charge in [-0.15, -0.1) is 0 Å². The highest BCUT2D eigenvalue weighted by Gasteiger charge is 2.05. The lowest BCUT2D eigenvalue weighted by Crippen LogP contribution is -1.91. The van der Waals surface area contributed by atoms with Crippen LogP contribution in [0.5, 0.6) is 0 Å². The van der Waals surface area contributed by atoms with Gasteiger partial charge in [0.1, 0.15) is 6.33 Å². The van der Waals surface area contributed by atoms with Gasteiger partial charge in [-0.2, -0.15) is 9.47 Å². The number of nitrogen functional groups attached to an aromatic ring is 1. The van der Waals surface area contributed by atoms with Gasteiger partial charge in [0.05, 0.1) is 6.20 Å². The third kappa shape index (κ3) is 1.90. The van der Waals surface area contributed by atoms with Crippen molar-refractivity contribution in [3.05, 3.63) is 43.0 Å². The summed E-state index contributed by atoms with van der Waals surface area (Å²) in [6, 6.07) is 7.70. The van der Waals surface area contributed by atoms with E-state index in [0.29, 0.717) is 0 Å². The minimum atomic E-state index is 0.742. The van der Waals surface area contributed by atoms with Crippen molar-refractivity contribution in [2.75, 3.05) is 5.73 Å². The Morgan fingerprint density at radius 2 is 2.18 bits per heavy atom. The van der Waals surface area contributed by atoms with E-state index in [-0.39, 0.29) is 0 Å². The molecule has 0 bridgehead atoms. The Labute approximate surface area is 102 Å². The van der Waals surface area contributed by atoms with Gasteiger partial charge in [0.25, 0.3) is 0 Å². The average Bonchev–Trinajstić information content (AvgIpc) is 3.00. The van der Waals surface area contributed by atoms with Crippen LogP contribution in [0.15, 0.2) is 43.0 Å². The lowest BCUT2D eigenvalue weighted by atomic mass is 10.1. The van der Waals surface area contributed by atoms with Crippen molar-refractivity contribution in [1.82, 2.24) is 19.1 Å². The van der Waals surface area contributed by atoms with Crippen LogP contribution >= 0.6 is 11.5 Å². The van der Waals surface area contributed by atoms with Crippen molar-refractivity contribution in [1.29, 1.82) is 0 Å². The molecule has 3 aromatic rings. The fourth-order valence-corrected chi connectivity index (χ4v) is 2.03. The van der Waals surface area contributed by atoms with Crippen LogP contribution in [0.4, 0.5) is 5.69 Å². The normalized spacial score (nSPS) is 10.6. The van der Waals surface area contributed by atoms with E-state index in [9.17, 15) is 0 Å². The maximum absolute atomic E-state index is 5.75. The summed E-state index contributed by atoms with van der Waals surface area (Å²) in [5.41, 5.74) is 8.54. The van der Waals surface area contributed by atoms with E-state index in [1.165, 1.54) is 17.9 Å². The number of anilines is 1. The van der Waals surface area contributed by atoms with Crippen LogP contribution in [0, 0.1) is 0 Å². The maximum Gasteiger partial charge on any atom is 0.229 e. The van der Waals surface area contributed by atoms with E-state index >= 15 is 0 Å². The van der Waals surface area contributed by atoms with Crippen LogP contribution < -0.4 is 5.73 Å². The highest BCUT2D eigenvalue weighted by atomic mass is 32.1. The summed E-state index contributed by atoms with van der Waals surface area (Å²) < 4.78 is 5.65. The zero-order valence-electron chi connectivity index (χ0n) is 8.82. The predicted molar refractivity (Wildman–Crippen MR) is 66.9 cm³/mol. The molecule has 84 valence electrons. The monoisotopic (exact) mass is 243 g/mol. The number of benzene rings is 1. The Bertz CT molecular complexity index is 629. The Balaban J connectivity index is 2.01. The molecule has 0 saturated heterocycles. The first-order chi connectivity index (χ1) is 8.33. The third-order valence-corrected chi connectivity index (χ3v) is 3.00. The number of hydrogen-bond acceptors (Lipinski definition) is 5. The molecule has 1 aromatic carbocycles. The van der Waals surface area contributed by atoms with E-state index < -0.39 is 0 Å². The predicted octanol–water partition coefficient (Wildman–Crippen LogP) is 1.97. The van der Waals surface area contributed by atoms with Crippen LogP contribution in [0.2, 0.25) is 0 Å². The molecular weight excluding hydrogens is 234 g/mol. The number of rotatable bonds is 2. The topological polar surface area (TPSA) is 69.6 Å². The molecule has 3 rings (SSSR count). The molecule has 0 fully saturated rings. The van der Waals surface area contributed by atoms with Gasteiger partial charge >= 0.3 is 0 Å². The molecule has 17 heavy (non-hydrogen) atoms. The molecule has 2 heterocycles. The molecule has 0 spiro atoms. The molecule has 0 atom stereocenters. The second-order valence-corrected chi connectivity index (χ2v) is 4.28. The van der Waals surface area contributed by atoms with Crippen molar-refractivity contribution in [3.8, 4) is 16.3 Å². The van der Waals surface area contributed by atoms with E-state index in [1.54, 1.807) is 10.9 Å². The number of hydrogen-bond donors (Lipinski definition) is 1. The van der Waals surface area contributed by atoms with Gasteiger partial charge in [-0.3, -0.25) is 0 Å². The van der Waals surface area contributed by atoms with Gasteiger partial charge in [0, 0.05) is 29.0 Å². The number of nitrogens with zero attached hydrogens (tertiary/aromatic N) is 4. The van der Waals surface area contributed by atoms with Crippen LogP contribution in [-0.4, -0.2) is 19.1 Å². The molecule has 0 unspecified atom stereocenters. The van der Waals surface area contributed by atoms with Gasteiger partial charge in [-0.1, -0.05) is 12.1 Å². The van der Waals surface area contributed by atoms with Gasteiger partial charge in [0.15, 0.2) is 0 Å². The molecule has 0 aliphatic carbocycles. The lowest BCUT2D eigenvalue weighted by molar-refractivity contribution is 0.869. The minimum Gasteiger partial charge on any atom is -0.399 e. The van der Waals surface area contributed by atoms with Crippen molar-refractivity contribution in [3.63, 3.8) is 0 Å². The quantitative estimate of drug-likeness (QED) is 0.699. The third-order valence-electron chi connectivity index (χ3n) is 2.35. The standard InChI is InChI=1S/C11H9N5S/c12-10-3-1-2-8(4-10)9-5-14-16(6-9)11-13-7-15-17-11/h1-7H,12H2. The first-order valence-corrected chi connectivity index (χ1v) is 5.78. The van der Waals surface area contributed by atoms with Gasteiger partial charge in [-0.05, 0) is 17.7 Å². The van der Waals surface area contributed by atoms with Crippen molar-refractivity contribution < 1.29 is 0 Å². The van der Waals surface area contributed by atoms with E-state index in [0.717, 1.165) is 21.9 Å². The maximum atomic E-state index is 5.75. The molecule has 0 radical (unpaired) electrons. The SMILES string of the molecule is Nc1cccc(-c2cnn(-c3ncns3)c2)c1. The lowest BCUT2D eigenvalue weighted by Gasteiger charge is -1.97. The molecule has 0 amide bonds. The van der Waals surface area contributed by atoms with Crippen LogP contribution in [0.25, 0.3) is 16.3 Å². The molecule has 2 aromatic heterocycles. The number of aromatic nitrogens is 4. The summed E-state index contributed by atoms with van der Waals surface area (Å²) in [6.45, 7) is 0. The Kier molecular flexibility index (Phi) is 2.34. The van der Waals surface area contributed by atoms with E-state index in [4.69, 9.17) is 5.73 Å². The van der Waals surface area contributed by atoms with Crippen molar-refractivity contribution in [2.45, 2.75) is 0 Å². The molecule has 0 aliphatic rings.